The van der Waals surface area contributed by atoms with Crippen LogP contribution >= 0.6 is 0 Å². The van der Waals surface area contributed by atoms with Crippen LogP contribution in [0.15, 0.2) is 0 Å². The Morgan fingerprint density at radius 2 is 1.48 bits per heavy atom. The highest BCUT2D eigenvalue weighted by atomic mass is 19.1. The van der Waals surface area contributed by atoms with Gasteiger partial charge in [0.2, 0.25) is 0 Å². The van der Waals surface area contributed by atoms with E-state index in [2.05, 4.69) is 16.0 Å². The largest absolute Gasteiger partial charge is 0.311 e. The van der Waals surface area contributed by atoms with E-state index in [1.165, 1.54) is 0 Å². The molecule has 118 valence electrons. The molecule has 0 aromatic rings. The van der Waals surface area contributed by atoms with Crippen molar-refractivity contribution >= 4 is 7.85 Å². The average molecular weight is 297 g/mol. The van der Waals surface area contributed by atoms with Crippen molar-refractivity contribution in [3.63, 3.8) is 0 Å². The molecule has 3 rings (SSSR count). The number of nitrogens with one attached hydrogen (secondary N) is 3. The van der Waals surface area contributed by atoms with Crippen LogP contribution in [0.25, 0.3) is 0 Å². The molecule has 3 N–H and O–H groups in total. The van der Waals surface area contributed by atoms with E-state index in [1.807, 2.05) is 0 Å². The van der Waals surface area contributed by atoms with Gasteiger partial charge in [-0.15, -0.1) is 0 Å². The number of alkyl halides is 2. The molecule has 3 fully saturated rings. The summed E-state index contributed by atoms with van der Waals surface area (Å²) in [6, 6.07) is -0.0837. The lowest BCUT2D eigenvalue weighted by Gasteiger charge is -2.43. The average Bonchev–Trinajstić information content (AvgIpc) is 2.49. The molecule has 2 saturated heterocycles. The summed E-state index contributed by atoms with van der Waals surface area (Å²) in [5.74, 6) is 0.692. The molecule has 1 saturated carbocycles. The van der Waals surface area contributed by atoms with Crippen LogP contribution in [0.5, 0.6) is 0 Å². The van der Waals surface area contributed by atoms with Gasteiger partial charge in [-0.05, 0) is 51.1 Å². The number of piperidine rings is 1. The molecule has 3 atom stereocenters. The van der Waals surface area contributed by atoms with Crippen molar-refractivity contribution in [1.29, 1.82) is 0 Å². The first-order valence-corrected chi connectivity index (χ1v) is 8.37. The van der Waals surface area contributed by atoms with Gasteiger partial charge < -0.3 is 16.0 Å². The molecule has 1 aliphatic carbocycles. The fourth-order valence-corrected chi connectivity index (χ4v) is 4.12. The fourth-order valence-electron chi connectivity index (χ4n) is 4.12. The van der Waals surface area contributed by atoms with Crippen LogP contribution in [0.3, 0.4) is 0 Å². The minimum Gasteiger partial charge on any atom is -0.311 e. The van der Waals surface area contributed by atoms with E-state index in [-0.39, 0.29) is 23.9 Å². The first-order valence-electron chi connectivity index (χ1n) is 8.37. The molecule has 0 aromatic heterocycles. The van der Waals surface area contributed by atoms with Crippen molar-refractivity contribution in [2.24, 2.45) is 11.8 Å². The van der Waals surface area contributed by atoms with Gasteiger partial charge in [0.1, 0.15) is 12.3 Å². The molecule has 2 radical (unpaired) electrons. The maximum atomic E-state index is 14.6. The highest BCUT2D eigenvalue weighted by Gasteiger charge is 2.39. The van der Waals surface area contributed by atoms with Crippen molar-refractivity contribution in [3.05, 3.63) is 0 Å². The van der Waals surface area contributed by atoms with Crippen LogP contribution in [0.4, 0.5) is 8.78 Å². The highest BCUT2D eigenvalue weighted by molar-refractivity contribution is 6.12. The van der Waals surface area contributed by atoms with E-state index >= 15 is 0 Å². The molecule has 6 heteroatoms. The second-order valence-electron chi connectivity index (χ2n) is 7.01. The van der Waals surface area contributed by atoms with Crippen LogP contribution in [-0.2, 0) is 0 Å². The number of rotatable bonds is 2. The van der Waals surface area contributed by atoms with E-state index in [4.69, 9.17) is 7.85 Å². The van der Waals surface area contributed by atoms with Crippen LogP contribution in [0, 0.1) is 11.8 Å². The second kappa shape index (κ2) is 6.92. The Labute approximate surface area is 127 Å². The Hall–Kier alpha value is -0.195. The molecule has 2 aliphatic heterocycles. The zero-order chi connectivity index (χ0) is 14.8. The molecule has 0 aromatic carbocycles. The Balaban J connectivity index is 1.50. The van der Waals surface area contributed by atoms with E-state index < -0.39 is 12.3 Å². The van der Waals surface area contributed by atoms with Crippen molar-refractivity contribution in [2.45, 2.75) is 62.5 Å². The summed E-state index contributed by atoms with van der Waals surface area (Å²) < 4.78 is 27.8. The molecule has 2 heterocycles. The lowest BCUT2D eigenvalue weighted by atomic mass is 9.77. The Kier molecular flexibility index (Phi) is 5.17. The maximum Gasteiger partial charge on any atom is 0.116 e. The van der Waals surface area contributed by atoms with Crippen molar-refractivity contribution in [2.75, 3.05) is 19.6 Å². The van der Waals surface area contributed by atoms with Crippen molar-refractivity contribution < 1.29 is 8.78 Å². The normalized spacial score (nSPS) is 49.0. The number of halogens is 2. The quantitative estimate of drug-likeness (QED) is 0.673. The third-order valence-electron chi connectivity index (χ3n) is 5.41. The van der Waals surface area contributed by atoms with E-state index in [0.717, 1.165) is 32.5 Å². The minimum atomic E-state index is -0.830. The van der Waals surface area contributed by atoms with Crippen molar-refractivity contribution in [1.82, 2.24) is 16.0 Å². The monoisotopic (exact) mass is 297 g/mol. The summed E-state index contributed by atoms with van der Waals surface area (Å²) in [7, 11) is 5.84. The second-order valence-corrected chi connectivity index (χ2v) is 7.01. The van der Waals surface area contributed by atoms with Gasteiger partial charge in [-0.1, -0.05) is 5.82 Å². The summed E-state index contributed by atoms with van der Waals surface area (Å²) in [6.45, 7) is 2.39. The summed E-state index contributed by atoms with van der Waals surface area (Å²) in [5, 5.41) is 10.1. The van der Waals surface area contributed by atoms with Gasteiger partial charge in [-0.2, -0.15) is 0 Å². The van der Waals surface area contributed by atoms with Crippen LogP contribution in [-0.4, -0.2) is 52.0 Å². The molecule has 21 heavy (non-hydrogen) atoms. The van der Waals surface area contributed by atoms with Gasteiger partial charge in [0, 0.05) is 18.5 Å². The SMILES string of the molecule is [B]C1CNC(C2CNC(C3CCC(F)CC3)C(F)C2)NC1. The highest BCUT2D eigenvalue weighted by Crippen LogP contribution is 2.34. The zero-order valence-corrected chi connectivity index (χ0v) is 12.5. The van der Waals surface area contributed by atoms with Crippen molar-refractivity contribution in [3.8, 4) is 0 Å². The molecule has 0 spiro atoms. The Morgan fingerprint density at radius 3 is 2.10 bits per heavy atom. The molecule has 3 nitrogen and oxygen atoms in total. The summed E-state index contributed by atoms with van der Waals surface area (Å²) >= 11 is 0. The van der Waals surface area contributed by atoms with Crippen LogP contribution in [0.1, 0.15) is 32.1 Å². The third-order valence-corrected chi connectivity index (χ3v) is 5.41. The molecular formula is C15H26BF2N3. The van der Waals surface area contributed by atoms with E-state index in [1.54, 1.807) is 0 Å². The predicted molar refractivity (Wildman–Crippen MR) is 80.9 cm³/mol. The Morgan fingerprint density at radius 1 is 0.810 bits per heavy atom. The number of hydrogen-bond donors (Lipinski definition) is 3. The Bertz CT molecular complexity index is 331. The van der Waals surface area contributed by atoms with E-state index in [9.17, 15) is 8.78 Å². The molecule has 3 aliphatic rings. The third kappa shape index (κ3) is 3.77. The standard InChI is InChI=1S/C15H26BF2N3/c16-11-7-20-15(21-8-11)10-5-13(18)14(19-6-10)9-1-3-12(17)4-2-9/h9-15,19-21H,1-8H2. The maximum absolute atomic E-state index is 14.6. The molecule has 3 unspecified atom stereocenters. The van der Waals surface area contributed by atoms with Gasteiger partial charge in [0.05, 0.1) is 14.0 Å². The predicted octanol–water partition coefficient (Wildman–Crippen LogP) is 1.31. The van der Waals surface area contributed by atoms with Gasteiger partial charge >= 0.3 is 0 Å². The summed E-state index contributed by atoms with van der Waals surface area (Å²) in [4.78, 5) is 0. The zero-order valence-electron chi connectivity index (χ0n) is 12.5. The van der Waals surface area contributed by atoms with Crippen LogP contribution < -0.4 is 16.0 Å². The summed E-state index contributed by atoms with van der Waals surface area (Å²) in [6.07, 6.45) is 2.06. The molecular weight excluding hydrogens is 271 g/mol. The molecule has 0 amide bonds. The van der Waals surface area contributed by atoms with Gasteiger partial charge in [0.15, 0.2) is 0 Å². The van der Waals surface area contributed by atoms with Crippen LogP contribution in [0.2, 0.25) is 5.82 Å². The van der Waals surface area contributed by atoms with E-state index in [0.29, 0.717) is 25.2 Å². The lowest BCUT2D eigenvalue weighted by molar-refractivity contribution is 0.0695. The first kappa shape index (κ1) is 15.7. The smallest absolute Gasteiger partial charge is 0.116 e. The minimum absolute atomic E-state index is 0.0837. The van der Waals surface area contributed by atoms with Gasteiger partial charge in [-0.25, -0.2) is 8.78 Å². The lowest BCUT2D eigenvalue weighted by Crippen LogP contribution is -2.61. The first-order chi connectivity index (χ1) is 10.1. The van der Waals surface area contributed by atoms with Gasteiger partial charge in [0.25, 0.3) is 0 Å². The summed E-state index contributed by atoms with van der Waals surface area (Å²) in [5.41, 5.74) is 0. The topological polar surface area (TPSA) is 36.1 Å². The number of hydrogen-bond acceptors (Lipinski definition) is 3. The molecule has 0 bridgehead atoms. The van der Waals surface area contributed by atoms with Gasteiger partial charge in [-0.3, -0.25) is 0 Å². The fraction of sp³-hybridized carbons (Fsp3) is 1.00.